The molecule has 18 heavy (non-hydrogen) atoms. The number of rotatable bonds is 4. The van der Waals surface area contributed by atoms with Crippen LogP contribution in [-0.4, -0.2) is 36.5 Å². The lowest BCUT2D eigenvalue weighted by Gasteiger charge is -2.16. The Hall–Kier alpha value is -2.04. The van der Waals surface area contributed by atoms with Gasteiger partial charge in [-0.05, 0) is 25.0 Å². The van der Waals surface area contributed by atoms with Crippen LogP contribution in [0.4, 0.5) is 5.69 Å². The van der Waals surface area contributed by atoms with Gasteiger partial charge in [-0.1, -0.05) is 12.1 Å². The van der Waals surface area contributed by atoms with Crippen LogP contribution in [0.2, 0.25) is 0 Å². The lowest BCUT2D eigenvalue weighted by atomic mass is 10.2. The van der Waals surface area contributed by atoms with Gasteiger partial charge < -0.3 is 15.4 Å². The molecule has 96 valence electrons. The molecule has 5 nitrogen and oxygen atoms in total. The molecular formula is C13H16N2O3. The van der Waals surface area contributed by atoms with Gasteiger partial charge in [-0.2, -0.15) is 0 Å². The van der Waals surface area contributed by atoms with E-state index in [0.29, 0.717) is 17.3 Å². The van der Waals surface area contributed by atoms with Gasteiger partial charge in [-0.25, -0.2) is 4.79 Å². The Balaban J connectivity index is 1.88. The van der Waals surface area contributed by atoms with Crippen LogP contribution in [0, 0.1) is 0 Å². The third-order valence-electron chi connectivity index (χ3n) is 3.00. The minimum Gasteiger partial charge on any atom is -0.452 e. The maximum absolute atomic E-state index is 11.7. The van der Waals surface area contributed by atoms with Crippen molar-refractivity contribution in [3.8, 4) is 0 Å². The number of hydrogen-bond acceptors (Lipinski definition) is 4. The number of para-hydroxylation sites is 1. The highest BCUT2D eigenvalue weighted by atomic mass is 16.5. The van der Waals surface area contributed by atoms with E-state index in [1.54, 1.807) is 36.2 Å². The van der Waals surface area contributed by atoms with Crippen LogP contribution in [0.5, 0.6) is 0 Å². The molecule has 1 aliphatic rings. The van der Waals surface area contributed by atoms with Crippen LogP contribution in [0.1, 0.15) is 23.2 Å². The first-order valence-corrected chi connectivity index (χ1v) is 5.87. The van der Waals surface area contributed by atoms with Crippen molar-refractivity contribution in [3.63, 3.8) is 0 Å². The smallest absolute Gasteiger partial charge is 0.340 e. The van der Waals surface area contributed by atoms with E-state index >= 15 is 0 Å². The third-order valence-corrected chi connectivity index (χ3v) is 3.00. The lowest BCUT2D eigenvalue weighted by molar-refractivity contribution is -0.133. The molecule has 0 spiro atoms. The van der Waals surface area contributed by atoms with Gasteiger partial charge in [0, 0.05) is 18.8 Å². The summed E-state index contributed by atoms with van der Waals surface area (Å²) in [6.07, 6.45) is 2.06. The fourth-order valence-corrected chi connectivity index (χ4v) is 1.66. The van der Waals surface area contributed by atoms with Crippen LogP contribution in [0.25, 0.3) is 0 Å². The van der Waals surface area contributed by atoms with Gasteiger partial charge in [-0.3, -0.25) is 4.79 Å². The largest absolute Gasteiger partial charge is 0.452 e. The topological polar surface area (TPSA) is 72.6 Å². The number of nitrogen functional groups attached to an aromatic ring is 1. The number of amides is 1. The molecular weight excluding hydrogens is 232 g/mol. The molecule has 0 radical (unpaired) electrons. The van der Waals surface area contributed by atoms with E-state index in [2.05, 4.69) is 0 Å². The molecule has 0 atom stereocenters. The Morgan fingerprint density at radius 2 is 2.06 bits per heavy atom. The average molecular weight is 248 g/mol. The van der Waals surface area contributed by atoms with Crippen LogP contribution in [-0.2, 0) is 9.53 Å². The number of esters is 1. The molecule has 0 unspecified atom stereocenters. The zero-order valence-corrected chi connectivity index (χ0v) is 10.3. The fraction of sp³-hybridized carbons (Fsp3) is 0.385. The van der Waals surface area contributed by atoms with Crippen LogP contribution >= 0.6 is 0 Å². The molecule has 1 aromatic rings. The van der Waals surface area contributed by atoms with Gasteiger partial charge >= 0.3 is 5.97 Å². The van der Waals surface area contributed by atoms with E-state index in [1.807, 2.05) is 0 Å². The standard InChI is InChI=1S/C13H16N2O3/c1-15(9-6-7-9)12(16)8-18-13(17)10-4-2-3-5-11(10)14/h2-5,9H,6-8,14H2,1H3. The highest BCUT2D eigenvalue weighted by Gasteiger charge is 2.29. The SMILES string of the molecule is CN(C(=O)COC(=O)c1ccccc1N)C1CC1. The van der Waals surface area contributed by atoms with Crippen molar-refractivity contribution >= 4 is 17.6 Å². The van der Waals surface area contributed by atoms with E-state index in [0.717, 1.165) is 12.8 Å². The highest BCUT2D eigenvalue weighted by molar-refractivity contribution is 5.96. The number of anilines is 1. The van der Waals surface area contributed by atoms with Gasteiger partial charge in [-0.15, -0.1) is 0 Å². The second kappa shape index (κ2) is 5.08. The van der Waals surface area contributed by atoms with Crippen LogP contribution in [0.15, 0.2) is 24.3 Å². The van der Waals surface area contributed by atoms with E-state index < -0.39 is 5.97 Å². The Morgan fingerprint density at radius 1 is 1.39 bits per heavy atom. The zero-order chi connectivity index (χ0) is 13.1. The van der Waals surface area contributed by atoms with Crippen molar-refractivity contribution in [2.45, 2.75) is 18.9 Å². The number of carbonyl (C=O) groups excluding carboxylic acids is 2. The molecule has 0 aliphatic heterocycles. The molecule has 5 heteroatoms. The molecule has 0 heterocycles. The van der Waals surface area contributed by atoms with Crippen LogP contribution < -0.4 is 5.73 Å². The molecule has 1 fully saturated rings. The number of ether oxygens (including phenoxy) is 1. The molecule has 1 saturated carbocycles. The minimum absolute atomic E-state index is 0.180. The zero-order valence-electron chi connectivity index (χ0n) is 10.3. The average Bonchev–Trinajstić information content (AvgIpc) is 3.19. The molecule has 1 aliphatic carbocycles. The Bertz CT molecular complexity index is 469. The van der Waals surface area contributed by atoms with E-state index in [4.69, 9.17) is 10.5 Å². The van der Waals surface area contributed by atoms with Gasteiger partial charge in [0.25, 0.3) is 5.91 Å². The first-order chi connectivity index (χ1) is 8.59. The number of benzene rings is 1. The van der Waals surface area contributed by atoms with Gasteiger partial charge in [0.15, 0.2) is 6.61 Å². The summed E-state index contributed by atoms with van der Waals surface area (Å²) >= 11 is 0. The van der Waals surface area contributed by atoms with E-state index in [-0.39, 0.29) is 12.5 Å². The van der Waals surface area contributed by atoms with Gasteiger partial charge in [0.2, 0.25) is 0 Å². The summed E-state index contributed by atoms with van der Waals surface area (Å²) in [6, 6.07) is 6.95. The van der Waals surface area contributed by atoms with Crippen molar-refractivity contribution in [2.24, 2.45) is 0 Å². The van der Waals surface area contributed by atoms with Crippen molar-refractivity contribution in [1.82, 2.24) is 4.90 Å². The lowest BCUT2D eigenvalue weighted by Crippen LogP contribution is -2.32. The van der Waals surface area contributed by atoms with Crippen molar-refractivity contribution in [1.29, 1.82) is 0 Å². The molecule has 0 bridgehead atoms. The maximum Gasteiger partial charge on any atom is 0.340 e. The summed E-state index contributed by atoms with van der Waals surface area (Å²) < 4.78 is 4.96. The highest BCUT2D eigenvalue weighted by Crippen LogP contribution is 2.25. The second-order valence-electron chi connectivity index (χ2n) is 4.40. The minimum atomic E-state index is -0.564. The second-order valence-corrected chi connectivity index (χ2v) is 4.40. The quantitative estimate of drug-likeness (QED) is 0.638. The predicted molar refractivity (Wildman–Crippen MR) is 66.9 cm³/mol. The molecule has 2 rings (SSSR count). The first kappa shape index (κ1) is 12.4. The van der Waals surface area contributed by atoms with Crippen LogP contribution in [0.3, 0.4) is 0 Å². The molecule has 0 saturated heterocycles. The maximum atomic E-state index is 11.7. The van der Waals surface area contributed by atoms with Gasteiger partial charge in [0.1, 0.15) is 0 Å². The van der Waals surface area contributed by atoms with E-state index in [1.165, 1.54) is 0 Å². The first-order valence-electron chi connectivity index (χ1n) is 5.87. The summed E-state index contributed by atoms with van der Waals surface area (Å²) in [5, 5.41) is 0. The number of hydrogen-bond donors (Lipinski definition) is 1. The number of likely N-dealkylation sites (N-methyl/N-ethyl adjacent to an activating group) is 1. The normalized spacial score (nSPS) is 14.1. The van der Waals surface area contributed by atoms with E-state index in [9.17, 15) is 9.59 Å². The van der Waals surface area contributed by atoms with Crippen molar-refractivity contribution < 1.29 is 14.3 Å². The van der Waals surface area contributed by atoms with Gasteiger partial charge in [0.05, 0.1) is 5.56 Å². The Kier molecular flexibility index (Phi) is 3.50. The summed E-state index contributed by atoms with van der Waals surface area (Å²) in [5.41, 5.74) is 6.29. The third kappa shape index (κ3) is 2.80. The predicted octanol–water partition coefficient (Wildman–Crippen LogP) is 1.05. The molecule has 1 amide bonds. The fourth-order valence-electron chi connectivity index (χ4n) is 1.66. The van der Waals surface area contributed by atoms with Crippen molar-refractivity contribution in [2.75, 3.05) is 19.4 Å². The Morgan fingerprint density at radius 3 is 2.67 bits per heavy atom. The van der Waals surface area contributed by atoms with Crippen molar-refractivity contribution in [3.05, 3.63) is 29.8 Å². The number of carbonyl (C=O) groups is 2. The molecule has 1 aromatic carbocycles. The Labute approximate surface area is 106 Å². The summed E-state index contributed by atoms with van der Waals surface area (Å²) in [4.78, 5) is 25.0. The summed E-state index contributed by atoms with van der Waals surface area (Å²) in [5.74, 6) is -0.744. The number of nitrogens with zero attached hydrogens (tertiary/aromatic N) is 1. The summed E-state index contributed by atoms with van der Waals surface area (Å²) in [7, 11) is 1.73. The number of nitrogens with two attached hydrogens (primary N) is 1. The summed E-state index contributed by atoms with van der Waals surface area (Å²) in [6.45, 7) is -0.236. The molecule has 0 aromatic heterocycles. The monoisotopic (exact) mass is 248 g/mol. The molecule has 2 N–H and O–H groups in total.